The lowest BCUT2D eigenvalue weighted by molar-refractivity contribution is 0.208. The number of anilines is 1. The number of halogens is 1. The summed E-state index contributed by atoms with van der Waals surface area (Å²) in [6, 6.07) is 8.94. The minimum atomic E-state index is 0.481. The quantitative estimate of drug-likeness (QED) is 0.904. The molecule has 1 aliphatic rings. The standard InChI is InChI=1S/C17H22BrN3/c1-12(13-6-8-21(2)9-7-13)20-16-5-3-4-14-10-15(18)11-19-17(14)16/h3-5,10-13,20H,6-9H2,1-2H3. The normalized spacial score (nSPS) is 18.8. The highest BCUT2D eigenvalue weighted by Crippen LogP contribution is 2.27. The molecule has 3 nitrogen and oxygen atoms in total. The Balaban J connectivity index is 1.78. The second-order valence-corrected chi connectivity index (χ2v) is 7.02. The van der Waals surface area contributed by atoms with Crippen LogP contribution in [0.5, 0.6) is 0 Å². The number of para-hydroxylation sites is 1. The first-order chi connectivity index (χ1) is 10.1. The van der Waals surface area contributed by atoms with Crippen molar-refractivity contribution in [2.45, 2.75) is 25.8 Å². The SMILES string of the molecule is CC(Nc1cccc2cc(Br)cnc12)C1CCN(C)CC1. The molecule has 2 aromatic rings. The van der Waals surface area contributed by atoms with Crippen LogP contribution in [0.25, 0.3) is 10.9 Å². The van der Waals surface area contributed by atoms with Crippen molar-refractivity contribution in [2.75, 3.05) is 25.5 Å². The van der Waals surface area contributed by atoms with E-state index in [4.69, 9.17) is 0 Å². The van der Waals surface area contributed by atoms with E-state index in [1.807, 2.05) is 6.20 Å². The number of hydrogen-bond acceptors (Lipinski definition) is 3. The van der Waals surface area contributed by atoms with Gasteiger partial charge < -0.3 is 10.2 Å². The number of likely N-dealkylation sites (tertiary alicyclic amines) is 1. The van der Waals surface area contributed by atoms with Gasteiger partial charge in [0.2, 0.25) is 0 Å². The lowest BCUT2D eigenvalue weighted by Gasteiger charge is -2.33. The number of nitrogens with one attached hydrogen (secondary N) is 1. The first-order valence-electron chi connectivity index (χ1n) is 7.63. The molecule has 0 bridgehead atoms. The van der Waals surface area contributed by atoms with Gasteiger partial charge in [-0.1, -0.05) is 12.1 Å². The molecule has 0 amide bonds. The van der Waals surface area contributed by atoms with Crippen LogP contribution in [0.3, 0.4) is 0 Å². The first-order valence-corrected chi connectivity index (χ1v) is 8.42. The average molecular weight is 348 g/mol. The van der Waals surface area contributed by atoms with E-state index in [-0.39, 0.29) is 0 Å². The van der Waals surface area contributed by atoms with Crippen LogP contribution >= 0.6 is 15.9 Å². The van der Waals surface area contributed by atoms with Crippen molar-refractivity contribution in [3.63, 3.8) is 0 Å². The number of hydrogen-bond donors (Lipinski definition) is 1. The molecule has 1 aromatic carbocycles. The summed E-state index contributed by atoms with van der Waals surface area (Å²) < 4.78 is 1.02. The van der Waals surface area contributed by atoms with Gasteiger partial charge in [0.05, 0.1) is 11.2 Å². The van der Waals surface area contributed by atoms with E-state index in [0.717, 1.165) is 21.6 Å². The number of fused-ring (bicyclic) bond motifs is 1. The molecule has 1 aliphatic heterocycles. The molecule has 0 saturated carbocycles. The van der Waals surface area contributed by atoms with E-state index in [1.165, 1.54) is 31.3 Å². The zero-order valence-corrected chi connectivity index (χ0v) is 14.2. The van der Waals surface area contributed by atoms with Crippen molar-refractivity contribution in [3.05, 3.63) is 34.9 Å². The summed E-state index contributed by atoms with van der Waals surface area (Å²) in [6.07, 6.45) is 4.41. The van der Waals surface area contributed by atoms with Gasteiger partial charge in [0.25, 0.3) is 0 Å². The molecule has 1 atom stereocenters. The Bertz CT molecular complexity index is 620. The molecular formula is C17H22BrN3. The molecule has 1 saturated heterocycles. The molecule has 2 heterocycles. The number of nitrogens with zero attached hydrogens (tertiary/aromatic N) is 2. The summed E-state index contributed by atoms with van der Waals surface area (Å²) in [5.74, 6) is 0.743. The molecule has 1 aromatic heterocycles. The van der Waals surface area contributed by atoms with Crippen LogP contribution in [-0.2, 0) is 0 Å². The highest BCUT2D eigenvalue weighted by atomic mass is 79.9. The van der Waals surface area contributed by atoms with E-state index < -0.39 is 0 Å². The highest BCUT2D eigenvalue weighted by molar-refractivity contribution is 9.10. The number of aromatic nitrogens is 1. The lowest BCUT2D eigenvalue weighted by Crippen LogP contribution is -2.37. The van der Waals surface area contributed by atoms with E-state index in [2.05, 4.69) is 69.4 Å². The van der Waals surface area contributed by atoms with Gasteiger partial charge in [0.1, 0.15) is 0 Å². The third-order valence-corrected chi connectivity index (χ3v) is 4.96. The molecule has 112 valence electrons. The van der Waals surface area contributed by atoms with Crippen LogP contribution in [0.2, 0.25) is 0 Å². The summed E-state index contributed by atoms with van der Waals surface area (Å²) >= 11 is 3.49. The number of benzene rings is 1. The number of piperidine rings is 1. The van der Waals surface area contributed by atoms with Crippen LogP contribution in [0, 0.1) is 5.92 Å². The fourth-order valence-corrected chi connectivity index (χ4v) is 3.49. The maximum atomic E-state index is 4.57. The third-order valence-electron chi connectivity index (χ3n) is 4.53. The van der Waals surface area contributed by atoms with E-state index >= 15 is 0 Å². The third kappa shape index (κ3) is 3.38. The fourth-order valence-electron chi connectivity index (χ4n) is 3.14. The van der Waals surface area contributed by atoms with E-state index in [0.29, 0.717) is 6.04 Å². The van der Waals surface area contributed by atoms with Crippen molar-refractivity contribution >= 4 is 32.5 Å². The smallest absolute Gasteiger partial charge is 0.0934 e. The summed E-state index contributed by atoms with van der Waals surface area (Å²) in [4.78, 5) is 6.99. The maximum Gasteiger partial charge on any atom is 0.0934 e. The van der Waals surface area contributed by atoms with E-state index in [9.17, 15) is 0 Å². The van der Waals surface area contributed by atoms with Crippen molar-refractivity contribution in [2.24, 2.45) is 5.92 Å². The molecule has 1 unspecified atom stereocenters. The van der Waals surface area contributed by atoms with Gasteiger partial charge in [0.15, 0.2) is 0 Å². The van der Waals surface area contributed by atoms with Gasteiger partial charge in [-0.25, -0.2) is 0 Å². The van der Waals surface area contributed by atoms with Crippen LogP contribution in [0.4, 0.5) is 5.69 Å². The van der Waals surface area contributed by atoms with Gasteiger partial charge >= 0.3 is 0 Å². The van der Waals surface area contributed by atoms with Crippen molar-refractivity contribution in [1.82, 2.24) is 9.88 Å². The van der Waals surface area contributed by atoms with Crippen LogP contribution in [-0.4, -0.2) is 36.1 Å². The first kappa shape index (κ1) is 14.8. The Labute approximate surface area is 134 Å². The van der Waals surface area contributed by atoms with Crippen LogP contribution in [0.1, 0.15) is 19.8 Å². The zero-order chi connectivity index (χ0) is 14.8. The molecule has 1 N–H and O–H groups in total. The summed E-state index contributed by atoms with van der Waals surface area (Å²) in [5, 5.41) is 4.86. The molecule has 1 fully saturated rings. The molecule has 21 heavy (non-hydrogen) atoms. The van der Waals surface area contributed by atoms with Crippen molar-refractivity contribution in [3.8, 4) is 0 Å². The van der Waals surface area contributed by atoms with Gasteiger partial charge in [-0.2, -0.15) is 0 Å². The highest BCUT2D eigenvalue weighted by Gasteiger charge is 2.22. The Kier molecular flexibility index (Phi) is 4.45. The Morgan fingerprint density at radius 2 is 2.10 bits per heavy atom. The monoisotopic (exact) mass is 347 g/mol. The van der Waals surface area contributed by atoms with Crippen molar-refractivity contribution < 1.29 is 0 Å². The van der Waals surface area contributed by atoms with Gasteiger partial charge in [-0.05, 0) is 73.9 Å². The second-order valence-electron chi connectivity index (χ2n) is 6.10. The number of pyridine rings is 1. The Morgan fingerprint density at radius 1 is 1.33 bits per heavy atom. The molecule has 0 spiro atoms. The van der Waals surface area contributed by atoms with Crippen molar-refractivity contribution in [1.29, 1.82) is 0 Å². The van der Waals surface area contributed by atoms with Gasteiger partial charge in [-0.3, -0.25) is 4.98 Å². The molecule has 0 radical (unpaired) electrons. The molecule has 3 rings (SSSR count). The Morgan fingerprint density at radius 3 is 2.86 bits per heavy atom. The minimum absolute atomic E-state index is 0.481. The van der Waals surface area contributed by atoms with Gasteiger partial charge in [0, 0.05) is 22.1 Å². The van der Waals surface area contributed by atoms with Crippen LogP contribution < -0.4 is 5.32 Å². The minimum Gasteiger partial charge on any atom is -0.381 e. The predicted molar refractivity (Wildman–Crippen MR) is 92.7 cm³/mol. The van der Waals surface area contributed by atoms with E-state index in [1.54, 1.807) is 0 Å². The Hall–Kier alpha value is -1.13. The molecule has 4 heteroatoms. The average Bonchev–Trinajstić information content (AvgIpc) is 2.47. The summed E-state index contributed by atoms with van der Waals surface area (Å²) in [7, 11) is 2.21. The lowest BCUT2D eigenvalue weighted by atomic mass is 9.90. The molecule has 0 aliphatic carbocycles. The second kappa shape index (κ2) is 6.32. The van der Waals surface area contributed by atoms with Crippen LogP contribution in [0.15, 0.2) is 34.9 Å². The van der Waals surface area contributed by atoms with Gasteiger partial charge in [-0.15, -0.1) is 0 Å². The maximum absolute atomic E-state index is 4.57. The molecular weight excluding hydrogens is 326 g/mol. The number of rotatable bonds is 3. The summed E-state index contributed by atoms with van der Waals surface area (Å²) in [6.45, 7) is 4.71. The predicted octanol–water partition coefficient (Wildman–Crippen LogP) is 4.14. The summed E-state index contributed by atoms with van der Waals surface area (Å²) in [5.41, 5.74) is 2.20. The fraction of sp³-hybridized carbons (Fsp3) is 0.471. The zero-order valence-electron chi connectivity index (χ0n) is 12.6. The topological polar surface area (TPSA) is 28.2 Å². The largest absolute Gasteiger partial charge is 0.381 e.